The van der Waals surface area contributed by atoms with Crippen molar-refractivity contribution in [1.29, 1.82) is 0 Å². The van der Waals surface area contributed by atoms with Crippen LogP contribution in [0.15, 0.2) is 0 Å². The SMILES string of the molecule is CSCC(C)N(C)CC1(C)COCC1N. The summed E-state index contributed by atoms with van der Waals surface area (Å²) in [5.74, 6) is 1.17. The van der Waals surface area contributed by atoms with Gasteiger partial charge in [0.2, 0.25) is 0 Å². The van der Waals surface area contributed by atoms with Gasteiger partial charge in [0.1, 0.15) is 0 Å². The van der Waals surface area contributed by atoms with Crippen LogP contribution in [-0.2, 0) is 4.74 Å². The number of thioether (sulfide) groups is 1. The van der Waals surface area contributed by atoms with E-state index >= 15 is 0 Å². The Kier molecular flexibility index (Phi) is 4.90. The first kappa shape index (κ1) is 13.3. The van der Waals surface area contributed by atoms with Gasteiger partial charge in [-0.1, -0.05) is 6.92 Å². The van der Waals surface area contributed by atoms with Crippen molar-refractivity contribution in [3.05, 3.63) is 0 Å². The minimum Gasteiger partial charge on any atom is -0.379 e. The average Bonchev–Trinajstić information content (AvgIpc) is 2.47. The lowest BCUT2D eigenvalue weighted by atomic mass is 9.85. The van der Waals surface area contributed by atoms with Crippen LogP contribution in [0, 0.1) is 5.41 Å². The van der Waals surface area contributed by atoms with E-state index in [1.807, 2.05) is 11.8 Å². The van der Waals surface area contributed by atoms with E-state index in [0.29, 0.717) is 12.6 Å². The van der Waals surface area contributed by atoms with Gasteiger partial charge in [-0.15, -0.1) is 0 Å². The summed E-state index contributed by atoms with van der Waals surface area (Å²) in [7, 11) is 2.18. The molecule has 1 rings (SSSR count). The Morgan fingerprint density at radius 3 is 2.80 bits per heavy atom. The minimum atomic E-state index is 0.126. The van der Waals surface area contributed by atoms with Gasteiger partial charge < -0.3 is 15.4 Å². The largest absolute Gasteiger partial charge is 0.379 e. The van der Waals surface area contributed by atoms with Gasteiger partial charge in [-0.3, -0.25) is 0 Å². The summed E-state index contributed by atoms with van der Waals surface area (Å²) in [6, 6.07) is 0.783. The zero-order valence-electron chi connectivity index (χ0n) is 10.3. The highest BCUT2D eigenvalue weighted by atomic mass is 32.2. The van der Waals surface area contributed by atoms with Gasteiger partial charge >= 0.3 is 0 Å². The topological polar surface area (TPSA) is 38.5 Å². The lowest BCUT2D eigenvalue weighted by Crippen LogP contribution is -2.48. The second-order valence-electron chi connectivity index (χ2n) is 5.00. The third kappa shape index (κ3) is 3.34. The normalized spacial score (nSPS) is 33.6. The average molecular weight is 232 g/mol. The summed E-state index contributed by atoms with van der Waals surface area (Å²) >= 11 is 1.89. The van der Waals surface area contributed by atoms with Crippen LogP contribution >= 0.6 is 11.8 Å². The number of nitrogens with two attached hydrogens (primary N) is 1. The molecule has 3 nitrogen and oxygen atoms in total. The van der Waals surface area contributed by atoms with Crippen molar-refractivity contribution in [3.63, 3.8) is 0 Å². The molecule has 0 aliphatic carbocycles. The fraction of sp³-hybridized carbons (Fsp3) is 1.00. The first-order chi connectivity index (χ1) is 6.99. The molecule has 4 heteroatoms. The van der Waals surface area contributed by atoms with E-state index in [-0.39, 0.29) is 11.5 Å². The van der Waals surface area contributed by atoms with E-state index in [9.17, 15) is 0 Å². The maximum absolute atomic E-state index is 6.08. The number of hydrogen-bond acceptors (Lipinski definition) is 4. The fourth-order valence-corrected chi connectivity index (χ4v) is 2.72. The summed E-state index contributed by atoms with van der Waals surface area (Å²) in [6.45, 7) is 7.02. The maximum Gasteiger partial charge on any atom is 0.0624 e. The summed E-state index contributed by atoms with van der Waals surface area (Å²) in [5.41, 5.74) is 6.21. The van der Waals surface area contributed by atoms with Crippen molar-refractivity contribution in [3.8, 4) is 0 Å². The predicted molar refractivity (Wildman–Crippen MR) is 67.4 cm³/mol. The van der Waals surface area contributed by atoms with Crippen LogP contribution in [0.4, 0.5) is 0 Å². The predicted octanol–water partition coefficient (Wildman–Crippen LogP) is 1.03. The highest BCUT2D eigenvalue weighted by Gasteiger charge is 2.38. The van der Waals surface area contributed by atoms with E-state index in [1.54, 1.807) is 0 Å². The zero-order valence-corrected chi connectivity index (χ0v) is 11.1. The van der Waals surface area contributed by atoms with E-state index in [1.165, 1.54) is 5.75 Å². The molecule has 0 bridgehead atoms. The number of hydrogen-bond donors (Lipinski definition) is 1. The first-order valence-corrected chi connectivity index (χ1v) is 6.91. The molecule has 1 fully saturated rings. The second kappa shape index (κ2) is 5.53. The molecule has 0 radical (unpaired) electrons. The van der Waals surface area contributed by atoms with Crippen molar-refractivity contribution >= 4 is 11.8 Å². The molecular weight excluding hydrogens is 208 g/mol. The monoisotopic (exact) mass is 232 g/mol. The van der Waals surface area contributed by atoms with Crippen molar-refractivity contribution in [1.82, 2.24) is 4.90 Å². The third-order valence-electron chi connectivity index (χ3n) is 3.40. The molecule has 0 aromatic carbocycles. The molecule has 0 aromatic rings. The molecule has 2 N–H and O–H groups in total. The summed E-state index contributed by atoms with van der Waals surface area (Å²) in [4.78, 5) is 2.39. The first-order valence-electron chi connectivity index (χ1n) is 5.52. The van der Waals surface area contributed by atoms with Crippen LogP contribution in [0.1, 0.15) is 13.8 Å². The van der Waals surface area contributed by atoms with Crippen LogP contribution in [0.2, 0.25) is 0 Å². The summed E-state index contributed by atoms with van der Waals surface area (Å²) in [6.07, 6.45) is 2.15. The molecule has 3 unspecified atom stereocenters. The lowest BCUT2D eigenvalue weighted by Gasteiger charge is -2.35. The van der Waals surface area contributed by atoms with Crippen LogP contribution in [0.25, 0.3) is 0 Å². The van der Waals surface area contributed by atoms with E-state index in [2.05, 4.69) is 32.1 Å². The smallest absolute Gasteiger partial charge is 0.0624 e. The Hall–Kier alpha value is 0.230. The van der Waals surface area contributed by atoms with Crippen molar-refractivity contribution in [2.75, 3.05) is 38.8 Å². The van der Waals surface area contributed by atoms with Crippen molar-refractivity contribution in [2.45, 2.75) is 25.9 Å². The van der Waals surface area contributed by atoms with E-state index in [4.69, 9.17) is 10.5 Å². The molecule has 1 aliphatic heterocycles. The molecule has 3 atom stereocenters. The molecule has 1 saturated heterocycles. The van der Waals surface area contributed by atoms with E-state index < -0.39 is 0 Å². The highest BCUT2D eigenvalue weighted by molar-refractivity contribution is 7.98. The number of ether oxygens (including phenoxy) is 1. The van der Waals surface area contributed by atoms with E-state index in [0.717, 1.165) is 13.2 Å². The lowest BCUT2D eigenvalue weighted by molar-refractivity contribution is 0.119. The molecule has 15 heavy (non-hydrogen) atoms. The van der Waals surface area contributed by atoms with Crippen LogP contribution in [0.3, 0.4) is 0 Å². The molecule has 0 saturated carbocycles. The van der Waals surface area contributed by atoms with Gasteiger partial charge in [0.15, 0.2) is 0 Å². The molecule has 0 spiro atoms. The minimum absolute atomic E-state index is 0.126. The Bertz CT molecular complexity index is 203. The van der Waals surface area contributed by atoms with Gasteiger partial charge in [-0.25, -0.2) is 0 Å². The van der Waals surface area contributed by atoms with Crippen molar-refractivity contribution < 1.29 is 4.74 Å². The van der Waals surface area contributed by atoms with Gasteiger partial charge in [0, 0.05) is 29.8 Å². The Morgan fingerprint density at radius 1 is 1.67 bits per heavy atom. The molecule has 90 valence electrons. The molecule has 0 aromatic heterocycles. The van der Waals surface area contributed by atoms with Crippen molar-refractivity contribution in [2.24, 2.45) is 11.1 Å². The third-order valence-corrected chi connectivity index (χ3v) is 4.21. The second-order valence-corrected chi connectivity index (χ2v) is 5.91. The Morgan fingerprint density at radius 2 is 2.33 bits per heavy atom. The maximum atomic E-state index is 6.08. The molecular formula is C11H24N2OS. The Balaban J connectivity index is 2.45. The Labute approximate surface area is 97.7 Å². The van der Waals surface area contributed by atoms with Gasteiger partial charge in [-0.05, 0) is 20.2 Å². The van der Waals surface area contributed by atoms with Crippen LogP contribution < -0.4 is 5.73 Å². The van der Waals surface area contributed by atoms with Gasteiger partial charge in [0.25, 0.3) is 0 Å². The molecule has 0 amide bonds. The summed E-state index contributed by atoms with van der Waals surface area (Å²) < 4.78 is 5.46. The van der Waals surface area contributed by atoms with Crippen LogP contribution in [-0.4, -0.2) is 55.8 Å². The standard InChI is InChI=1S/C11H24N2OS/c1-9(6-15-4)13(3)7-11(2)8-14-5-10(11)12/h9-10H,5-8,12H2,1-4H3. The fourth-order valence-electron chi connectivity index (χ4n) is 1.98. The zero-order chi connectivity index (χ0) is 11.5. The van der Waals surface area contributed by atoms with Gasteiger partial charge in [-0.2, -0.15) is 11.8 Å². The molecule has 1 heterocycles. The van der Waals surface area contributed by atoms with Crippen LogP contribution in [0.5, 0.6) is 0 Å². The number of nitrogens with zero attached hydrogens (tertiary/aromatic N) is 1. The summed E-state index contributed by atoms with van der Waals surface area (Å²) in [5, 5.41) is 0. The molecule has 1 aliphatic rings. The highest BCUT2D eigenvalue weighted by Crippen LogP contribution is 2.28. The van der Waals surface area contributed by atoms with Gasteiger partial charge in [0.05, 0.1) is 13.2 Å². The number of rotatable bonds is 5. The quantitative estimate of drug-likeness (QED) is 0.768.